The van der Waals surface area contributed by atoms with Gasteiger partial charge in [0.2, 0.25) is 0 Å². The lowest BCUT2D eigenvalue weighted by Crippen LogP contribution is -2.61. The van der Waals surface area contributed by atoms with E-state index >= 15 is 0 Å². The lowest BCUT2D eigenvalue weighted by atomic mass is 9.33. The molecular formula is C72H73BN4. The average molecular weight is 1010 g/mol. The van der Waals surface area contributed by atoms with Crippen LogP contribution in [0.25, 0.3) is 27.5 Å². The summed E-state index contributed by atoms with van der Waals surface area (Å²) in [7, 11) is 0. The molecule has 0 radical (unpaired) electrons. The summed E-state index contributed by atoms with van der Waals surface area (Å²) in [5.41, 5.74) is 26.1. The van der Waals surface area contributed by atoms with E-state index in [1.807, 2.05) is 0 Å². The molecule has 0 bridgehead atoms. The maximum absolute atomic E-state index is 2.56. The number of rotatable bonds is 12. The van der Waals surface area contributed by atoms with E-state index in [-0.39, 0.29) is 6.71 Å². The maximum atomic E-state index is 2.56. The van der Waals surface area contributed by atoms with E-state index in [1.54, 1.807) is 0 Å². The van der Waals surface area contributed by atoms with Gasteiger partial charge in [-0.05, 0) is 194 Å². The Kier molecular flexibility index (Phi) is 12.8. The molecule has 5 heteroatoms. The third kappa shape index (κ3) is 8.63. The Bertz CT molecular complexity index is 3700. The van der Waals surface area contributed by atoms with Crippen LogP contribution < -0.4 is 31.1 Å². The van der Waals surface area contributed by atoms with E-state index in [1.165, 1.54) is 94.3 Å². The first-order chi connectivity index (χ1) is 37.1. The molecule has 0 atom stereocenters. The van der Waals surface area contributed by atoms with Gasteiger partial charge in [0.15, 0.2) is 0 Å². The highest BCUT2D eigenvalue weighted by Gasteiger charge is 2.44. The van der Waals surface area contributed by atoms with Gasteiger partial charge in [-0.3, -0.25) is 0 Å². The third-order valence-corrected chi connectivity index (χ3v) is 16.9. The molecule has 10 aromatic rings. The molecule has 0 spiro atoms. The van der Waals surface area contributed by atoms with E-state index in [4.69, 9.17) is 0 Å². The molecule has 0 saturated carbocycles. The van der Waals surface area contributed by atoms with Gasteiger partial charge < -0.3 is 19.3 Å². The minimum absolute atomic E-state index is 0.0453. The van der Waals surface area contributed by atoms with Crippen LogP contribution in [0.3, 0.4) is 0 Å². The van der Waals surface area contributed by atoms with Crippen molar-refractivity contribution in [2.45, 2.75) is 119 Å². The summed E-state index contributed by atoms with van der Waals surface area (Å²) < 4.78 is 2.52. The smallest absolute Gasteiger partial charge is 0.252 e. The lowest BCUT2D eigenvalue weighted by Gasteiger charge is -2.44. The third-order valence-electron chi connectivity index (χ3n) is 16.9. The molecule has 0 saturated heterocycles. The number of anilines is 9. The number of aromatic nitrogens is 1. The quantitative estimate of drug-likeness (QED) is 0.113. The van der Waals surface area contributed by atoms with Crippen molar-refractivity contribution in [2.24, 2.45) is 0 Å². The molecule has 384 valence electrons. The molecule has 12 rings (SSSR count). The van der Waals surface area contributed by atoms with Crippen molar-refractivity contribution >= 4 is 96.1 Å². The molecule has 0 fully saturated rings. The Labute approximate surface area is 458 Å². The standard InChI is InChI=1S/C72H73BN4/c1-44(2)50-16-26-56(27-17-50)74(57-28-18-51(19-29-57)45(3)4)60-34-36-64-70(42-60)75(58-30-20-52(21-31-58)46(5)6)68-14-13-15-69-72(68)73(64)65-37-35-61(43-71(65)76(69)59-32-22-53(23-33-59)47(7)8)77-66-38-24-54(48(9)10)40-62(66)63-41-55(49(11)12)25-39-67(63)77/h13-49H,1-12H3. The fourth-order valence-electron chi connectivity index (χ4n) is 12.3. The van der Waals surface area contributed by atoms with E-state index in [2.05, 4.69) is 290 Å². The van der Waals surface area contributed by atoms with Gasteiger partial charge in [0.25, 0.3) is 6.71 Å². The fraction of sp³-hybridized carbons (Fsp3) is 0.250. The molecule has 0 N–H and O–H groups in total. The molecule has 0 unspecified atom stereocenters. The van der Waals surface area contributed by atoms with Crippen LogP contribution >= 0.6 is 0 Å². The van der Waals surface area contributed by atoms with E-state index in [0.29, 0.717) is 35.5 Å². The molecule has 2 aliphatic rings. The molecule has 0 amide bonds. The van der Waals surface area contributed by atoms with Crippen LogP contribution in [-0.4, -0.2) is 11.3 Å². The average Bonchev–Trinajstić information content (AvgIpc) is 3.81. The zero-order valence-corrected chi connectivity index (χ0v) is 47.2. The van der Waals surface area contributed by atoms with Gasteiger partial charge in [0, 0.05) is 67.6 Å². The van der Waals surface area contributed by atoms with Crippen LogP contribution in [0.2, 0.25) is 0 Å². The zero-order valence-electron chi connectivity index (χ0n) is 47.2. The number of hydrogen-bond acceptors (Lipinski definition) is 3. The van der Waals surface area contributed by atoms with Crippen molar-refractivity contribution in [3.63, 3.8) is 0 Å². The highest BCUT2D eigenvalue weighted by atomic mass is 15.2. The van der Waals surface area contributed by atoms with Crippen LogP contribution in [0.15, 0.2) is 188 Å². The minimum Gasteiger partial charge on any atom is -0.311 e. The minimum atomic E-state index is -0.0453. The van der Waals surface area contributed by atoms with Crippen molar-refractivity contribution in [1.29, 1.82) is 0 Å². The zero-order chi connectivity index (χ0) is 53.6. The van der Waals surface area contributed by atoms with Gasteiger partial charge in [-0.15, -0.1) is 0 Å². The van der Waals surface area contributed by atoms with Crippen LogP contribution in [-0.2, 0) is 0 Å². The Morgan fingerprint density at radius 1 is 0.312 bits per heavy atom. The van der Waals surface area contributed by atoms with Crippen LogP contribution in [0, 0.1) is 0 Å². The lowest BCUT2D eigenvalue weighted by molar-refractivity contribution is 0.866. The monoisotopic (exact) mass is 1000 g/mol. The van der Waals surface area contributed by atoms with Crippen molar-refractivity contribution in [3.8, 4) is 5.69 Å². The second kappa shape index (κ2) is 19.7. The van der Waals surface area contributed by atoms with Crippen LogP contribution in [0.5, 0.6) is 0 Å². The largest absolute Gasteiger partial charge is 0.311 e. The van der Waals surface area contributed by atoms with Gasteiger partial charge >= 0.3 is 0 Å². The number of nitrogens with zero attached hydrogens (tertiary/aromatic N) is 4. The first-order valence-electron chi connectivity index (χ1n) is 28.4. The Balaban J connectivity index is 1.11. The molecule has 0 aliphatic carbocycles. The van der Waals surface area contributed by atoms with Crippen LogP contribution in [0.1, 0.15) is 152 Å². The van der Waals surface area contributed by atoms with Crippen molar-refractivity contribution < 1.29 is 0 Å². The molecule has 4 nitrogen and oxygen atoms in total. The molecular weight excluding hydrogens is 932 g/mol. The first-order valence-corrected chi connectivity index (χ1v) is 28.4. The number of fused-ring (bicyclic) bond motifs is 7. The van der Waals surface area contributed by atoms with E-state index < -0.39 is 0 Å². The number of hydrogen-bond donors (Lipinski definition) is 0. The Hall–Kier alpha value is -7.76. The summed E-state index contributed by atoms with van der Waals surface area (Å²) in [6, 6.07) is 73.0. The van der Waals surface area contributed by atoms with Gasteiger partial charge in [0.1, 0.15) is 0 Å². The predicted octanol–water partition coefficient (Wildman–Crippen LogP) is 19.1. The van der Waals surface area contributed by atoms with E-state index in [0.717, 1.165) is 34.1 Å². The summed E-state index contributed by atoms with van der Waals surface area (Å²) in [6.07, 6.45) is 0. The Morgan fingerprint density at radius 3 is 1.08 bits per heavy atom. The van der Waals surface area contributed by atoms with Crippen molar-refractivity contribution in [1.82, 2.24) is 4.57 Å². The SMILES string of the molecule is CC(C)c1ccc(N(c2ccc(C(C)C)cc2)c2ccc3c(c2)N(c2ccc(C(C)C)cc2)c2cccc4c2B3c2ccc(-n3c5ccc(C(C)C)cc5c5cc(C(C)C)ccc53)cc2N4c2ccc(C(C)C)cc2)cc1. The summed E-state index contributed by atoms with van der Waals surface area (Å²) in [4.78, 5) is 7.56. The second-order valence-corrected chi connectivity index (χ2v) is 23.8. The molecule has 77 heavy (non-hydrogen) atoms. The molecule has 3 heterocycles. The second-order valence-electron chi connectivity index (χ2n) is 23.8. The predicted molar refractivity (Wildman–Crippen MR) is 334 cm³/mol. The maximum Gasteiger partial charge on any atom is 0.252 e. The molecule has 9 aromatic carbocycles. The van der Waals surface area contributed by atoms with Gasteiger partial charge in [0.05, 0.1) is 11.0 Å². The first kappa shape index (κ1) is 50.1. The summed E-state index contributed by atoms with van der Waals surface area (Å²) in [6.45, 7) is 27.4. The summed E-state index contributed by atoms with van der Waals surface area (Å²) in [5, 5.41) is 2.61. The fourth-order valence-corrected chi connectivity index (χ4v) is 12.3. The van der Waals surface area contributed by atoms with Gasteiger partial charge in [-0.1, -0.05) is 162 Å². The summed E-state index contributed by atoms with van der Waals surface area (Å²) in [5.74, 6) is 2.58. The van der Waals surface area contributed by atoms with Crippen molar-refractivity contribution in [3.05, 3.63) is 221 Å². The summed E-state index contributed by atoms with van der Waals surface area (Å²) >= 11 is 0. The number of benzene rings is 9. The molecule has 1 aromatic heterocycles. The normalized spacial score (nSPS) is 13.0. The van der Waals surface area contributed by atoms with Crippen LogP contribution in [0.4, 0.5) is 51.2 Å². The molecule has 2 aliphatic heterocycles. The van der Waals surface area contributed by atoms with Gasteiger partial charge in [-0.2, -0.15) is 0 Å². The van der Waals surface area contributed by atoms with Gasteiger partial charge in [-0.25, -0.2) is 0 Å². The van der Waals surface area contributed by atoms with Crippen molar-refractivity contribution in [2.75, 3.05) is 14.7 Å². The highest BCUT2D eigenvalue weighted by molar-refractivity contribution is 7.00. The highest BCUT2D eigenvalue weighted by Crippen LogP contribution is 2.47. The van der Waals surface area contributed by atoms with E-state index in [9.17, 15) is 0 Å². The topological polar surface area (TPSA) is 14.7 Å². The Morgan fingerprint density at radius 2 is 0.662 bits per heavy atom.